The molecule has 0 spiro atoms. The smallest absolute Gasteiger partial charge is 0.279 e. The van der Waals surface area contributed by atoms with Gasteiger partial charge in [0.1, 0.15) is 0 Å². The molecule has 0 saturated heterocycles. The quantitative estimate of drug-likeness (QED) is 0.665. The number of rotatable bonds is 6. The zero-order chi connectivity index (χ0) is 18.9. The van der Waals surface area contributed by atoms with Crippen molar-refractivity contribution in [1.29, 1.82) is 0 Å². The highest BCUT2D eigenvalue weighted by atomic mass is 19.1. The SMILES string of the molecule is C[C@H](Oc1ccccc1F)C(=O)NNC(=O)CNC(=O)C1CCCCC1. The fourth-order valence-corrected chi connectivity index (χ4v) is 2.74. The highest BCUT2D eigenvalue weighted by Gasteiger charge is 2.21. The summed E-state index contributed by atoms with van der Waals surface area (Å²) in [5.41, 5.74) is 4.38. The third-order valence-corrected chi connectivity index (χ3v) is 4.23. The number of hydrogen-bond acceptors (Lipinski definition) is 4. The van der Waals surface area contributed by atoms with Crippen LogP contribution in [0.25, 0.3) is 0 Å². The van der Waals surface area contributed by atoms with Crippen molar-refractivity contribution in [3.8, 4) is 5.75 Å². The van der Waals surface area contributed by atoms with Crippen LogP contribution in [0.2, 0.25) is 0 Å². The Balaban J connectivity index is 1.68. The molecule has 1 aliphatic rings. The molecule has 0 bridgehead atoms. The molecule has 1 aliphatic carbocycles. The van der Waals surface area contributed by atoms with Crippen molar-refractivity contribution >= 4 is 17.7 Å². The van der Waals surface area contributed by atoms with Gasteiger partial charge in [0.05, 0.1) is 6.54 Å². The second kappa shape index (κ2) is 9.74. The van der Waals surface area contributed by atoms with Crippen molar-refractivity contribution in [2.75, 3.05) is 6.54 Å². The molecule has 7 nitrogen and oxygen atoms in total. The number of carbonyl (C=O) groups excluding carboxylic acids is 3. The van der Waals surface area contributed by atoms with Gasteiger partial charge in [0, 0.05) is 5.92 Å². The Bertz CT molecular complexity index is 647. The molecule has 26 heavy (non-hydrogen) atoms. The van der Waals surface area contributed by atoms with E-state index in [1.54, 1.807) is 6.07 Å². The van der Waals surface area contributed by atoms with E-state index in [1.165, 1.54) is 25.1 Å². The summed E-state index contributed by atoms with van der Waals surface area (Å²) in [5, 5.41) is 2.57. The number of para-hydroxylation sites is 1. The topological polar surface area (TPSA) is 96.5 Å². The Hall–Kier alpha value is -2.64. The first-order valence-corrected chi connectivity index (χ1v) is 8.75. The molecule has 0 unspecified atom stereocenters. The van der Waals surface area contributed by atoms with Crippen LogP contribution in [0.1, 0.15) is 39.0 Å². The van der Waals surface area contributed by atoms with E-state index in [-0.39, 0.29) is 24.1 Å². The average Bonchev–Trinajstić information content (AvgIpc) is 2.66. The van der Waals surface area contributed by atoms with Gasteiger partial charge in [-0.3, -0.25) is 25.2 Å². The normalized spacial score (nSPS) is 15.6. The first-order valence-electron chi connectivity index (χ1n) is 8.75. The summed E-state index contributed by atoms with van der Waals surface area (Å²) in [6.45, 7) is 1.21. The first kappa shape index (κ1) is 19.7. The number of benzene rings is 1. The van der Waals surface area contributed by atoms with Gasteiger partial charge < -0.3 is 10.1 Å². The van der Waals surface area contributed by atoms with Crippen LogP contribution in [0.15, 0.2) is 24.3 Å². The lowest BCUT2D eigenvalue weighted by Crippen LogP contribution is -2.50. The molecule has 8 heteroatoms. The molecule has 0 radical (unpaired) electrons. The van der Waals surface area contributed by atoms with Gasteiger partial charge in [0.25, 0.3) is 11.8 Å². The standard InChI is InChI=1S/C18H24FN3O4/c1-12(26-15-10-6-5-9-14(15)19)17(24)22-21-16(23)11-20-18(25)13-7-3-2-4-8-13/h5-6,9-10,12-13H,2-4,7-8,11H2,1H3,(H,20,25)(H,21,23)(H,22,24)/t12-/m0/s1. The van der Waals surface area contributed by atoms with E-state index in [2.05, 4.69) is 16.2 Å². The van der Waals surface area contributed by atoms with E-state index in [9.17, 15) is 18.8 Å². The summed E-state index contributed by atoms with van der Waals surface area (Å²) in [5.74, 6) is -2.01. The van der Waals surface area contributed by atoms with E-state index in [0.717, 1.165) is 32.1 Å². The van der Waals surface area contributed by atoms with Crippen molar-refractivity contribution in [3.05, 3.63) is 30.1 Å². The third-order valence-electron chi connectivity index (χ3n) is 4.23. The molecule has 2 rings (SSSR count). The van der Waals surface area contributed by atoms with Crippen LogP contribution >= 0.6 is 0 Å². The molecule has 3 amide bonds. The van der Waals surface area contributed by atoms with Crippen LogP contribution < -0.4 is 20.9 Å². The minimum Gasteiger partial charge on any atom is -0.478 e. The highest BCUT2D eigenvalue weighted by molar-refractivity contribution is 5.88. The largest absolute Gasteiger partial charge is 0.478 e. The van der Waals surface area contributed by atoms with Gasteiger partial charge in [-0.2, -0.15) is 0 Å². The first-order chi connectivity index (χ1) is 12.5. The summed E-state index contributed by atoms with van der Waals surface area (Å²) in [4.78, 5) is 35.6. The Morgan fingerprint density at radius 3 is 2.54 bits per heavy atom. The Labute approximate surface area is 151 Å². The fourth-order valence-electron chi connectivity index (χ4n) is 2.74. The number of hydrazine groups is 1. The summed E-state index contributed by atoms with van der Waals surface area (Å²) in [6, 6.07) is 5.71. The van der Waals surface area contributed by atoms with E-state index >= 15 is 0 Å². The number of nitrogens with one attached hydrogen (secondary N) is 3. The van der Waals surface area contributed by atoms with E-state index < -0.39 is 23.7 Å². The molecule has 142 valence electrons. The van der Waals surface area contributed by atoms with Gasteiger partial charge in [-0.15, -0.1) is 0 Å². The maximum absolute atomic E-state index is 13.5. The van der Waals surface area contributed by atoms with Crippen LogP contribution in [0, 0.1) is 11.7 Å². The molecule has 3 N–H and O–H groups in total. The van der Waals surface area contributed by atoms with Crippen molar-refractivity contribution in [1.82, 2.24) is 16.2 Å². The lowest BCUT2D eigenvalue weighted by atomic mass is 9.89. The number of ether oxygens (including phenoxy) is 1. The summed E-state index contributed by atoms with van der Waals surface area (Å²) < 4.78 is 18.7. The van der Waals surface area contributed by atoms with E-state index in [4.69, 9.17) is 4.74 Å². The Morgan fingerprint density at radius 2 is 1.85 bits per heavy atom. The van der Waals surface area contributed by atoms with Crippen molar-refractivity contribution < 1.29 is 23.5 Å². The highest BCUT2D eigenvalue weighted by Crippen LogP contribution is 2.23. The van der Waals surface area contributed by atoms with Crippen LogP contribution in [-0.2, 0) is 14.4 Å². The lowest BCUT2D eigenvalue weighted by Gasteiger charge is -2.20. The van der Waals surface area contributed by atoms with Crippen LogP contribution in [-0.4, -0.2) is 30.4 Å². The molecule has 1 fully saturated rings. The predicted molar refractivity (Wildman–Crippen MR) is 92.4 cm³/mol. The summed E-state index contributed by atoms with van der Waals surface area (Å²) in [7, 11) is 0. The monoisotopic (exact) mass is 365 g/mol. The molecule has 1 aromatic carbocycles. The molecular formula is C18H24FN3O4. The molecule has 1 aromatic rings. The molecular weight excluding hydrogens is 341 g/mol. The number of amides is 3. The number of hydrogen-bond donors (Lipinski definition) is 3. The van der Waals surface area contributed by atoms with Gasteiger partial charge in [-0.05, 0) is 31.9 Å². The second-order valence-electron chi connectivity index (χ2n) is 6.28. The van der Waals surface area contributed by atoms with Gasteiger partial charge in [-0.1, -0.05) is 31.4 Å². The van der Waals surface area contributed by atoms with Gasteiger partial charge >= 0.3 is 0 Å². The number of carbonyl (C=O) groups is 3. The van der Waals surface area contributed by atoms with Crippen LogP contribution in [0.5, 0.6) is 5.75 Å². The fraction of sp³-hybridized carbons (Fsp3) is 0.500. The van der Waals surface area contributed by atoms with Gasteiger partial charge in [-0.25, -0.2) is 4.39 Å². The van der Waals surface area contributed by atoms with Crippen molar-refractivity contribution in [2.24, 2.45) is 5.92 Å². The minimum absolute atomic E-state index is 0.0414. The Morgan fingerprint density at radius 1 is 1.15 bits per heavy atom. The Kier molecular flexibility index (Phi) is 7.37. The maximum Gasteiger partial charge on any atom is 0.279 e. The molecule has 1 atom stereocenters. The van der Waals surface area contributed by atoms with E-state index in [1.807, 2.05) is 0 Å². The summed E-state index contributed by atoms with van der Waals surface area (Å²) >= 11 is 0. The summed E-state index contributed by atoms with van der Waals surface area (Å²) in [6.07, 6.45) is 3.87. The second-order valence-corrected chi connectivity index (χ2v) is 6.28. The predicted octanol–water partition coefficient (Wildman–Crippen LogP) is 1.44. The van der Waals surface area contributed by atoms with E-state index in [0.29, 0.717) is 0 Å². The molecule has 0 aliphatic heterocycles. The van der Waals surface area contributed by atoms with Crippen molar-refractivity contribution in [3.63, 3.8) is 0 Å². The molecule has 1 saturated carbocycles. The average molecular weight is 365 g/mol. The zero-order valence-electron chi connectivity index (χ0n) is 14.7. The van der Waals surface area contributed by atoms with Crippen molar-refractivity contribution in [2.45, 2.75) is 45.1 Å². The van der Waals surface area contributed by atoms with Gasteiger partial charge in [0.2, 0.25) is 5.91 Å². The molecule has 0 aromatic heterocycles. The third kappa shape index (κ3) is 6.02. The molecule has 0 heterocycles. The lowest BCUT2D eigenvalue weighted by molar-refractivity contribution is -0.133. The van der Waals surface area contributed by atoms with Crippen LogP contribution in [0.3, 0.4) is 0 Å². The van der Waals surface area contributed by atoms with Crippen LogP contribution in [0.4, 0.5) is 4.39 Å². The zero-order valence-corrected chi connectivity index (χ0v) is 14.7. The minimum atomic E-state index is -1.01. The van der Waals surface area contributed by atoms with Gasteiger partial charge in [0.15, 0.2) is 17.7 Å². The maximum atomic E-state index is 13.5. The number of halogens is 1.